The van der Waals surface area contributed by atoms with E-state index in [1.807, 2.05) is 0 Å². The van der Waals surface area contributed by atoms with Gasteiger partial charge in [0.1, 0.15) is 4.88 Å². The highest BCUT2D eigenvalue weighted by Gasteiger charge is 2.30. The molecule has 0 amide bonds. The molecule has 1 aliphatic heterocycles. The first-order chi connectivity index (χ1) is 9.45. The van der Waals surface area contributed by atoms with Crippen molar-refractivity contribution in [3.05, 3.63) is 16.3 Å². The molecule has 1 fully saturated rings. The van der Waals surface area contributed by atoms with Crippen LogP contribution in [0.25, 0.3) is 0 Å². The number of aromatic carboxylic acids is 1. The molecule has 1 aromatic rings. The van der Waals surface area contributed by atoms with Crippen molar-refractivity contribution in [2.24, 2.45) is 5.92 Å². The molecule has 112 valence electrons. The van der Waals surface area contributed by atoms with Gasteiger partial charge in [-0.15, -0.1) is 11.3 Å². The van der Waals surface area contributed by atoms with E-state index < -0.39 is 16.0 Å². The average Bonchev–Trinajstić information content (AvgIpc) is 2.90. The van der Waals surface area contributed by atoms with Crippen LogP contribution in [0.4, 0.5) is 0 Å². The SMILES string of the molecule is COCC1CCN(S(=O)(=O)c2csc(C(=O)O)c2)CC1. The number of sulfonamides is 1. The Morgan fingerprint density at radius 2 is 2.15 bits per heavy atom. The summed E-state index contributed by atoms with van der Waals surface area (Å²) in [6, 6.07) is 1.23. The minimum atomic E-state index is -3.57. The van der Waals surface area contributed by atoms with Crippen LogP contribution >= 0.6 is 11.3 Å². The summed E-state index contributed by atoms with van der Waals surface area (Å²) in [5.74, 6) is -0.709. The van der Waals surface area contributed by atoms with Crippen molar-refractivity contribution in [1.82, 2.24) is 4.31 Å². The monoisotopic (exact) mass is 319 g/mol. The summed E-state index contributed by atoms with van der Waals surface area (Å²) in [4.78, 5) is 10.9. The van der Waals surface area contributed by atoms with Gasteiger partial charge in [0.2, 0.25) is 10.0 Å². The maximum atomic E-state index is 12.4. The summed E-state index contributed by atoms with van der Waals surface area (Å²) in [6.45, 7) is 1.55. The first kappa shape index (κ1) is 15.4. The number of rotatable bonds is 5. The maximum Gasteiger partial charge on any atom is 0.345 e. The van der Waals surface area contributed by atoms with Gasteiger partial charge >= 0.3 is 5.97 Å². The molecule has 0 spiro atoms. The van der Waals surface area contributed by atoms with Crippen LogP contribution in [0.2, 0.25) is 0 Å². The van der Waals surface area contributed by atoms with Gasteiger partial charge in [-0.1, -0.05) is 0 Å². The minimum absolute atomic E-state index is 0.0397. The molecule has 1 N–H and O–H groups in total. The lowest BCUT2D eigenvalue weighted by molar-refractivity contribution is 0.0702. The van der Waals surface area contributed by atoms with Crippen molar-refractivity contribution >= 4 is 27.3 Å². The number of carboxylic acids is 1. The van der Waals surface area contributed by atoms with Gasteiger partial charge in [-0.2, -0.15) is 4.31 Å². The molecule has 2 heterocycles. The number of ether oxygens (including phenoxy) is 1. The van der Waals surface area contributed by atoms with E-state index in [9.17, 15) is 13.2 Å². The third kappa shape index (κ3) is 3.20. The van der Waals surface area contributed by atoms with E-state index in [4.69, 9.17) is 9.84 Å². The van der Waals surface area contributed by atoms with Crippen LogP contribution in [-0.2, 0) is 14.8 Å². The van der Waals surface area contributed by atoms with Crippen LogP contribution in [0.1, 0.15) is 22.5 Å². The van der Waals surface area contributed by atoms with Gasteiger partial charge in [-0.3, -0.25) is 0 Å². The first-order valence-electron chi connectivity index (χ1n) is 6.26. The number of carbonyl (C=O) groups is 1. The highest BCUT2D eigenvalue weighted by Crippen LogP contribution is 2.26. The Hall–Kier alpha value is -0.960. The lowest BCUT2D eigenvalue weighted by Crippen LogP contribution is -2.39. The van der Waals surface area contributed by atoms with E-state index in [0.29, 0.717) is 25.6 Å². The van der Waals surface area contributed by atoms with Gasteiger partial charge in [0, 0.05) is 32.2 Å². The zero-order valence-corrected chi connectivity index (χ0v) is 12.7. The van der Waals surface area contributed by atoms with Crippen molar-refractivity contribution in [2.75, 3.05) is 26.8 Å². The first-order valence-corrected chi connectivity index (χ1v) is 8.58. The fourth-order valence-corrected chi connectivity index (χ4v) is 4.84. The second kappa shape index (κ2) is 6.21. The van der Waals surface area contributed by atoms with Crippen LogP contribution in [0.3, 0.4) is 0 Å². The average molecular weight is 319 g/mol. The Balaban J connectivity index is 2.09. The van der Waals surface area contributed by atoms with E-state index in [1.54, 1.807) is 7.11 Å². The van der Waals surface area contributed by atoms with Crippen molar-refractivity contribution in [3.8, 4) is 0 Å². The zero-order chi connectivity index (χ0) is 14.8. The van der Waals surface area contributed by atoms with Gasteiger partial charge in [0.15, 0.2) is 0 Å². The number of methoxy groups -OCH3 is 1. The smallest absolute Gasteiger partial charge is 0.345 e. The van der Waals surface area contributed by atoms with Gasteiger partial charge in [0.25, 0.3) is 0 Å². The third-order valence-corrected chi connectivity index (χ3v) is 6.34. The fourth-order valence-electron chi connectivity index (χ4n) is 2.27. The van der Waals surface area contributed by atoms with Crippen LogP contribution in [0.15, 0.2) is 16.3 Å². The molecule has 0 unspecified atom stereocenters. The Labute approximate surface area is 122 Å². The van der Waals surface area contributed by atoms with Crippen LogP contribution in [0.5, 0.6) is 0 Å². The number of thiophene rings is 1. The standard InChI is InChI=1S/C12H17NO5S2/c1-18-7-9-2-4-13(5-3-9)20(16,17)10-6-11(12(14)15)19-8-10/h6,8-9H,2-5,7H2,1H3,(H,14,15). The molecule has 0 aromatic carbocycles. The summed E-state index contributed by atoms with van der Waals surface area (Å²) in [5, 5.41) is 10.2. The molecule has 1 aliphatic rings. The highest BCUT2D eigenvalue weighted by atomic mass is 32.2. The Morgan fingerprint density at radius 1 is 1.50 bits per heavy atom. The third-order valence-electron chi connectivity index (χ3n) is 3.40. The van der Waals surface area contributed by atoms with E-state index in [-0.39, 0.29) is 9.77 Å². The zero-order valence-electron chi connectivity index (χ0n) is 11.1. The van der Waals surface area contributed by atoms with E-state index in [0.717, 1.165) is 24.2 Å². The number of hydrogen-bond acceptors (Lipinski definition) is 5. The second-order valence-corrected chi connectivity index (χ2v) is 7.60. The Bertz CT molecular complexity index is 572. The summed E-state index contributed by atoms with van der Waals surface area (Å²) < 4.78 is 31.3. The predicted molar refractivity (Wildman–Crippen MR) is 74.6 cm³/mol. The minimum Gasteiger partial charge on any atom is -0.477 e. The molecule has 8 heteroatoms. The molecule has 2 rings (SSSR count). The Morgan fingerprint density at radius 3 is 2.65 bits per heavy atom. The van der Waals surface area contributed by atoms with Gasteiger partial charge in [-0.25, -0.2) is 13.2 Å². The van der Waals surface area contributed by atoms with Gasteiger partial charge < -0.3 is 9.84 Å². The topological polar surface area (TPSA) is 83.9 Å². The molecule has 0 aliphatic carbocycles. The Kier molecular flexibility index (Phi) is 4.79. The molecular formula is C12H17NO5S2. The van der Waals surface area contributed by atoms with Crippen molar-refractivity contribution < 1.29 is 23.1 Å². The van der Waals surface area contributed by atoms with Crippen molar-refractivity contribution in [1.29, 1.82) is 0 Å². The van der Waals surface area contributed by atoms with Crippen LogP contribution < -0.4 is 0 Å². The molecule has 0 saturated carbocycles. The molecule has 0 radical (unpaired) electrons. The lowest BCUT2D eigenvalue weighted by Gasteiger charge is -2.30. The quantitative estimate of drug-likeness (QED) is 0.889. The van der Waals surface area contributed by atoms with E-state index in [1.165, 1.54) is 15.8 Å². The van der Waals surface area contributed by atoms with E-state index in [2.05, 4.69) is 0 Å². The van der Waals surface area contributed by atoms with Crippen LogP contribution in [-0.4, -0.2) is 50.6 Å². The van der Waals surface area contributed by atoms with Crippen LogP contribution in [0, 0.1) is 5.92 Å². The number of nitrogens with zero attached hydrogens (tertiary/aromatic N) is 1. The summed E-state index contributed by atoms with van der Waals surface area (Å²) >= 11 is 0.932. The molecule has 0 bridgehead atoms. The number of piperidine rings is 1. The van der Waals surface area contributed by atoms with Crippen molar-refractivity contribution in [2.45, 2.75) is 17.7 Å². The molecule has 6 nitrogen and oxygen atoms in total. The highest BCUT2D eigenvalue weighted by molar-refractivity contribution is 7.89. The molecule has 1 aromatic heterocycles. The normalized spacial score (nSPS) is 18.2. The molecule has 1 saturated heterocycles. The lowest BCUT2D eigenvalue weighted by atomic mass is 9.99. The van der Waals surface area contributed by atoms with Crippen molar-refractivity contribution in [3.63, 3.8) is 0 Å². The second-order valence-electron chi connectivity index (χ2n) is 4.75. The predicted octanol–water partition coefficient (Wildman–Crippen LogP) is 1.49. The molecule has 20 heavy (non-hydrogen) atoms. The molecular weight excluding hydrogens is 302 g/mol. The fraction of sp³-hybridized carbons (Fsp3) is 0.583. The van der Waals surface area contributed by atoms with Gasteiger partial charge in [-0.05, 0) is 24.8 Å². The number of carboxylic acid groups (broad SMARTS) is 1. The largest absolute Gasteiger partial charge is 0.477 e. The summed E-state index contributed by atoms with van der Waals surface area (Å²) in [5.41, 5.74) is 0. The number of hydrogen-bond donors (Lipinski definition) is 1. The maximum absolute atomic E-state index is 12.4. The van der Waals surface area contributed by atoms with Gasteiger partial charge in [0.05, 0.1) is 4.90 Å². The summed E-state index contributed by atoms with van der Waals surface area (Å²) in [6.07, 6.45) is 1.53. The molecule has 0 atom stereocenters. The summed E-state index contributed by atoms with van der Waals surface area (Å²) in [7, 11) is -1.93. The van der Waals surface area contributed by atoms with E-state index >= 15 is 0 Å².